The minimum absolute atomic E-state index is 0.110. The van der Waals surface area contributed by atoms with Crippen molar-refractivity contribution >= 4 is 16.9 Å². The van der Waals surface area contributed by atoms with Crippen molar-refractivity contribution < 1.29 is 19.0 Å². The van der Waals surface area contributed by atoms with E-state index in [1.165, 1.54) is 7.11 Å². The summed E-state index contributed by atoms with van der Waals surface area (Å²) in [6.45, 7) is 0.716. The Kier molecular flexibility index (Phi) is 6.69. The van der Waals surface area contributed by atoms with Crippen LogP contribution in [0.5, 0.6) is 11.5 Å². The second-order valence-electron chi connectivity index (χ2n) is 7.33. The lowest BCUT2D eigenvalue weighted by molar-refractivity contribution is 0.0596. The van der Waals surface area contributed by atoms with Gasteiger partial charge in [-0.2, -0.15) is 0 Å². The molecule has 168 valence electrons. The first kappa shape index (κ1) is 22.1. The van der Waals surface area contributed by atoms with Crippen molar-refractivity contribution in [1.82, 2.24) is 9.55 Å². The third kappa shape index (κ3) is 4.72. The summed E-state index contributed by atoms with van der Waals surface area (Å²) in [5.74, 6) is 1.30. The molecule has 0 fully saturated rings. The fourth-order valence-corrected chi connectivity index (χ4v) is 3.61. The smallest absolute Gasteiger partial charge is 0.341 e. The van der Waals surface area contributed by atoms with E-state index >= 15 is 0 Å². The van der Waals surface area contributed by atoms with Crippen LogP contribution in [0.3, 0.4) is 0 Å². The Hall–Kier alpha value is -4.13. The Balaban J connectivity index is 1.60. The van der Waals surface area contributed by atoms with E-state index in [1.807, 2.05) is 42.5 Å². The molecule has 0 atom stereocenters. The number of carbonyl (C=O) groups excluding carboxylic acids is 1. The van der Waals surface area contributed by atoms with Crippen LogP contribution in [0.1, 0.15) is 16.8 Å². The van der Waals surface area contributed by atoms with Gasteiger partial charge in [-0.1, -0.05) is 24.3 Å². The first-order valence-electron chi connectivity index (χ1n) is 10.6. The maximum atomic E-state index is 13.3. The third-order valence-corrected chi connectivity index (χ3v) is 5.29. The zero-order valence-corrected chi connectivity index (χ0v) is 18.5. The molecular formula is C26H24N2O5. The molecule has 7 nitrogen and oxygen atoms in total. The van der Waals surface area contributed by atoms with E-state index < -0.39 is 5.97 Å². The number of carbonyl (C=O) groups is 1. The second kappa shape index (κ2) is 9.99. The SMILES string of the molecule is COC(=O)c1ccccc1OCCCn1c(-c2ccc(OC)cc2)nc2ccccc2c1=O. The van der Waals surface area contributed by atoms with Crippen LogP contribution < -0.4 is 15.0 Å². The molecule has 1 heterocycles. The number of benzene rings is 3. The Morgan fingerprint density at radius 2 is 1.67 bits per heavy atom. The lowest BCUT2D eigenvalue weighted by Crippen LogP contribution is -2.24. The summed E-state index contributed by atoms with van der Waals surface area (Å²) in [6, 6.07) is 21.7. The van der Waals surface area contributed by atoms with Crippen LogP contribution in [-0.4, -0.2) is 36.3 Å². The van der Waals surface area contributed by atoms with Crippen molar-refractivity contribution in [3.05, 3.63) is 88.7 Å². The van der Waals surface area contributed by atoms with Gasteiger partial charge < -0.3 is 14.2 Å². The van der Waals surface area contributed by atoms with Crippen molar-refractivity contribution in [3.8, 4) is 22.9 Å². The third-order valence-electron chi connectivity index (χ3n) is 5.29. The molecule has 4 aromatic rings. The predicted octanol–water partition coefficient (Wildman–Crippen LogP) is 4.33. The van der Waals surface area contributed by atoms with Gasteiger partial charge in [0.25, 0.3) is 5.56 Å². The van der Waals surface area contributed by atoms with Crippen LogP contribution in [0, 0.1) is 0 Å². The van der Waals surface area contributed by atoms with Gasteiger partial charge in [0, 0.05) is 12.1 Å². The van der Waals surface area contributed by atoms with Gasteiger partial charge in [0.1, 0.15) is 22.9 Å². The zero-order chi connectivity index (χ0) is 23.2. The van der Waals surface area contributed by atoms with E-state index in [4.69, 9.17) is 19.2 Å². The van der Waals surface area contributed by atoms with Gasteiger partial charge in [0.2, 0.25) is 0 Å². The number of fused-ring (bicyclic) bond motifs is 1. The van der Waals surface area contributed by atoms with Gasteiger partial charge in [0.05, 0.1) is 31.7 Å². The summed E-state index contributed by atoms with van der Waals surface area (Å²) in [5.41, 5.74) is 1.72. The van der Waals surface area contributed by atoms with Crippen LogP contribution in [0.15, 0.2) is 77.6 Å². The lowest BCUT2D eigenvalue weighted by Gasteiger charge is -2.15. The topological polar surface area (TPSA) is 79.7 Å². The number of methoxy groups -OCH3 is 2. The summed E-state index contributed by atoms with van der Waals surface area (Å²) in [6.07, 6.45) is 0.540. The molecule has 0 bridgehead atoms. The summed E-state index contributed by atoms with van der Waals surface area (Å²) < 4.78 is 17.6. The molecule has 0 aliphatic heterocycles. The summed E-state index contributed by atoms with van der Waals surface area (Å²) in [5, 5.41) is 0.562. The molecule has 1 aromatic heterocycles. The van der Waals surface area contributed by atoms with Gasteiger partial charge in [-0.25, -0.2) is 9.78 Å². The molecule has 0 amide bonds. The normalized spacial score (nSPS) is 10.7. The molecule has 33 heavy (non-hydrogen) atoms. The summed E-state index contributed by atoms with van der Waals surface area (Å²) >= 11 is 0. The van der Waals surface area contributed by atoms with Crippen molar-refractivity contribution in [2.75, 3.05) is 20.8 Å². The van der Waals surface area contributed by atoms with Crippen LogP contribution >= 0.6 is 0 Å². The molecule has 0 aliphatic carbocycles. The highest BCUT2D eigenvalue weighted by molar-refractivity contribution is 5.92. The number of nitrogens with zero attached hydrogens (tertiary/aromatic N) is 2. The largest absolute Gasteiger partial charge is 0.497 e. The second-order valence-corrected chi connectivity index (χ2v) is 7.33. The minimum atomic E-state index is -0.456. The number of esters is 1. The number of ether oxygens (including phenoxy) is 3. The first-order valence-corrected chi connectivity index (χ1v) is 10.6. The van der Waals surface area contributed by atoms with Gasteiger partial charge >= 0.3 is 5.97 Å². The molecule has 7 heteroatoms. The van der Waals surface area contributed by atoms with E-state index in [2.05, 4.69) is 0 Å². The number of para-hydroxylation sites is 2. The number of rotatable bonds is 8. The molecular weight excluding hydrogens is 420 g/mol. The molecule has 0 saturated carbocycles. The van der Waals surface area contributed by atoms with Crippen molar-refractivity contribution in [2.24, 2.45) is 0 Å². The van der Waals surface area contributed by atoms with Crippen LogP contribution in [0.25, 0.3) is 22.3 Å². The molecule has 0 saturated heterocycles. The Bertz CT molecular complexity index is 1330. The quantitative estimate of drug-likeness (QED) is 0.297. The summed E-state index contributed by atoms with van der Waals surface area (Å²) in [4.78, 5) is 30.0. The fraction of sp³-hybridized carbons (Fsp3) is 0.192. The van der Waals surface area contributed by atoms with Crippen molar-refractivity contribution in [2.45, 2.75) is 13.0 Å². The van der Waals surface area contributed by atoms with Gasteiger partial charge in [-0.3, -0.25) is 9.36 Å². The molecule has 0 N–H and O–H groups in total. The fourth-order valence-electron chi connectivity index (χ4n) is 3.61. The highest BCUT2D eigenvalue weighted by atomic mass is 16.5. The zero-order valence-electron chi connectivity index (χ0n) is 18.5. The highest BCUT2D eigenvalue weighted by Crippen LogP contribution is 2.23. The molecule has 0 spiro atoms. The van der Waals surface area contributed by atoms with Crippen LogP contribution in [0.2, 0.25) is 0 Å². The standard InChI is InChI=1S/C26H24N2O5/c1-31-19-14-12-18(13-15-19)24-27-22-10-5-3-8-20(22)25(29)28(24)16-7-17-33-23-11-6-4-9-21(23)26(30)32-2/h3-6,8-15H,7,16-17H2,1-2H3. The highest BCUT2D eigenvalue weighted by Gasteiger charge is 2.14. The lowest BCUT2D eigenvalue weighted by atomic mass is 10.1. The Labute approximate surface area is 191 Å². The van der Waals surface area contributed by atoms with Crippen LogP contribution in [0.4, 0.5) is 0 Å². The summed E-state index contributed by atoms with van der Waals surface area (Å²) in [7, 11) is 2.94. The molecule has 4 rings (SSSR count). The van der Waals surface area contributed by atoms with Crippen molar-refractivity contribution in [1.29, 1.82) is 0 Å². The molecule has 0 aliphatic rings. The van der Waals surface area contributed by atoms with E-state index in [-0.39, 0.29) is 5.56 Å². The van der Waals surface area contributed by atoms with Crippen LogP contribution in [-0.2, 0) is 11.3 Å². The average Bonchev–Trinajstić information content (AvgIpc) is 2.87. The maximum Gasteiger partial charge on any atom is 0.341 e. The van der Waals surface area contributed by atoms with Gasteiger partial charge in [-0.15, -0.1) is 0 Å². The van der Waals surface area contributed by atoms with E-state index in [0.29, 0.717) is 47.6 Å². The molecule has 0 unspecified atom stereocenters. The van der Waals surface area contributed by atoms with Gasteiger partial charge in [-0.05, 0) is 55.0 Å². The number of hydrogen-bond acceptors (Lipinski definition) is 6. The van der Waals surface area contributed by atoms with E-state index in [1.54, 1.807) is 42.0 Å². The van der Waals surface area contributed by atoms with Crippen molar-refractivity contribution in [3.63, 3.8) is 0 Å². The maximum absolute atomic E-state index is 13.3. The Morgan fingerprint density at radius 1 is 0.939 bits per heavy atom. The number of hydrogen-bond donors (Lipinski definition) is 0. The predicted molar refractivity (Wildman–Crippen MR) is 126 cm³/mol. The monoisotopic (exact) mass is 444 g/mol. The van der Waals surface area contributed by atoms with E-state index in [9.17, 15) is 9.59 Å². The Morgan fingerprint density at radius 3 is 2.42 bits per heavy atom. The minimum Gasteiger partial charge on any atom is -0.497 e. The number of aromatic nitrogens is 2. The average molecular weight is 444 g/mol. The first-order chi connectivity index (χ1) is 16.1. The molecule has 3 aromatic carbocycles. The van der Waals surface area contributed by atoms with E-state index in [0.717, 1.165) is 11.3 Å². The van der Waals surface area contributed by atoms with Gasteiger partial charge in [0.15, 0.2) is 0 Å². The molecule has 0 radical (unpaired) electrons.